The molecule has 0 aliphatic carbocycles. The van der Waals surface area contributed by atoms with Crippen molar-refractivity contribution in [1.29, 1.82) is 0 Å². The molecule has 3 rings (SSSR count). The summed E-state index contributed by atoms with van der Waals surface area (Å²) in [6, 6.07) is 16.1. The monoisotopic (exact) mass is 438 g/mol. The first-order valence-corrected chi connectivity index (χ1v) is 11.4. The van der Waals surface area contributed by atoms with Crippen LogP contribution in [-0.4, -0.2) is 33.5 Å². The van der Waals surface area contributed by atoms with Crippen molar-refractivity contribution in [3.63, 3.8) is 0 Å². The summed E-state index contributed by atoms with van der Waals surface area (Å²) in [5.74, 6) is 1.84. The molecule has 1 aromatic heterocycles. The zero-order chi connectivity index (χ0) is 22.4. The van der Waals surface area contributed by atoms with Crippen LogP contribution >= 0.6 is 11.8 Å². The lowest BCUT2D eigenvalue weighted by Gasteiger charge is -2.19. The lowest BCUT2D eigenvalue weighted by molar-refractivity contribution is -0.118. The van der Waals surface area contributed by atoms with E-state index >= 15 is 0 Å². The SMILES string of the molecule is CCn1c(SCC(=O)NCc2cccc(OC)c2)nnc1-c1ccc(C(C)(C)C)cc1. The van der Waals surface area contributed by atoms with Crippen molar-refractivity contribution >= 4 is 17.7 Å². The second-order valence-corrected chi connectivity index (χ2v) is 9.24. The zero-order valence-electron chi connectivity index (χ0n) is 18.8. The van der Waals surface area contributed by atoms with Crippen LogP contribution in [0.4, 0.5) is 0 Å². The highest BCUT2D eigenvalue weighted by Gasteiger charge is 2.17. The van der Waals surface area contributed by atoms with Crippen molar-refractivity contribution in [1.82, 2.24) is 20.1 Å². The molecule has 6 nitrogen and oxygen atoms in total. The summed E-state index contributed by atoms with van der Waals surface area (Å²) in [7, 11) is 1.63. The van der Waals surface area contributed by atoms with Gasteiger partial charge in [-0.3, -0.25) is 4.79 Å². The van der Waals surface area contributed by atoms with Crippen LogP contribution < -0.4 is 10.1 Å². The molecule has 2 aromatic carbocycles. The Kier molecular flexibility index (Phi) is 7.38. The van der Waals surface area contributed by atoms with E-state index in [1.165, 1.54) is 17.3 Å². The Morgan fingerprint density at radius 2 is 1.87 bits per heavy atom. The highest BCUT2D eigenvalue weighted by atomic mass is 32.2. The van der Waals surface area contributed by atoms with Gasteiger partial charge in [0.1, 0.15) is 5.75 Å². The number of benzene rings is 2. The zero-order valence-corrected chi connectivity index (χ0v) is 19.6. The average molecular weight is 439 g/mol. The Hall–Kier alpha value is -2.80. The van der Waals surface area contributed by atoms with E-state index in [-0.39, 0.29) is 17.1 Å². The smallest absolute Gasteiger partial charge is 0.230 e. The molecular formula is C24H30N4O2S. The number of nitrogens with one attached hydrogen (secondary N) is 1. The maximum Gasteiger partial charge on any atom is 0.230 e. The predicted molar refractivity (Wildman–Crippen MR) is 125 cm³/mol. The van der Waals surface area contributed by atoms with Gasteiger partial charge in [0.2, 0.25) is 5.91 Å². The number of aromatic nitrogens is 3. The molecule has 0 radical (unpaired) electrons. The van der Waals surface area contributed by atoms with E-state index in [2.05, 4.69) is 67.5 Å². The fourth-order valence-electron chi connectivity index (χ4n) is 3.18. The molecule has 1 heterocycles. The van der Waals surface area contributed by atoms with Gasteiger partial charge in [0.15, 0.2) is 11.0 Å². The Morgan fingerprint density at radius 1 is 1.13 bits per heavy atom. The van der Waals surface area contributed by atoms with Crippen molar-refractivity contribution in [3.8, 4) is 17.1 Å². The second-order valence-electron chi connectivity index (χ2n) is 8.29. The highest BCUT2D eigenvalue weighted by Crippen LogP contribution is 2.27. The first-order chi connectivity index (χ1) is 14.8. The van der Waals surface area contributed by atoms with Gasteiger partial charge in [0.05, 0.1) is 12.9 Å². The largest absolute Gasteiger partial charge is 0.497 e. The summed E-state index contributed by atoms with van der Waals surface area (Å²) in [6.07, 6.45) is 0. The molecule has 0 spiro atoms. The second kappa shape index (κ2) is 10.0. The Balaban J connectivity index is 1.62. The number of carbonyl (C=O) groups excluding carboxylic acids is 1. The van der Waals surface area contributed by atoms with Gasteiger partial charge >= 0.3 is 0 Å². The van der Waals surface area contributed by atoms with E-state index < -0.39 is 0 Å². The van der Waals surface area contributed by atoms with Crippen LogP contribution in [0.2, 0.25) is 0 Å². The molecular weight excluding hydrogens is 408 g/mol. The third-order valence-electron chi connectivity index (χ3n) is 5.00. The van der Waals surface area contributed by atoms with Gasteiger partial charge in [-0.2, -0.15) is 0 Å². The number of carbonyl (C=O) groups is 1. The van der Waals surface area contributed by atoms with Crippen molar-refractivity contribution in [3.05, 3.63) is 59.7 Å². The van der Waals surface area contributed by atoms with E-state index in [1.54, 1.807) is 7.11 Å². The van der Waals surface area contributed by atoms with Crippen molar-refractivity contribution in [2.24, 2.45) is 0 Å². The normalized spacial score (nSPS) is 11.4. The van der Waals surface area contributed by atoms with Crippen LogP contribution in [0.3, 0.4) is 0 Å². The predicted octanol–water partition coefficient (Wildman–Crippen LogP) is 4.68. The van der Waals surface area contributed by atoms with E-state index in [1.807, 2.05) is 28.8 Å². The number of methoxy groups -OCH3 is 1. The van der Waals surface area contributed by atoms with Gasteiger partial charge in [-0.15, -0.1) is 10.2 Å². The van der Waals surface area contributed by atoms with Gasteiger partial charge in [-0.1, -0.05) is 68.9 Å². The van der Waals surface area contributed by atoms with Crippen LogP contribution in [0.5, 0.6) is 5.75 Å². The van der Waals surface area contributed by atoms with Gasteiger partial charge in [0, 0.05) is 18.7 Å². The number of rotatable bonds is 8. The lowest BCUT2D eigenvalue weighted by Crippen LogP contribution is -2.24. The van der Waals surface area contributed by atoms with Gasteiger partial charge in [-0.25, -0.2) is 0 Å². The van der Waals surface area contributed by atoms with E-state index in [0.29, 0.717) is 6.54 Å². The molecule has 0 saturated heterocycles. The van der Waals surface area contributed by atoms with Gasteiger partial charge < -0.3 is 14.6 Å². The Bertz CT molecular complexity index is 1020. The van der Waals surface area contributed by atoms with Crippen molar-refractivity contribution in [2.45, 2.75) is 51.4 Å². The first kappa shape index (κ1) is 22.9. The van der Waals surface area contributed by atoms with E-state index in [0.717, 1.165) is 34.4 Å². The number of thioether (sulfide) groups is 1. The van der Waals surface area contributed by atoms with Crippen LogP contribution in [0.1, 0.15) is 38.8 Å². The molecule has 0 saturated carbocycles. The third kappa shape index (κ3) is 5.88. The Labute approximate surface area is 188 Å². The summed E-state index contributed by atoms with van der Waals surface area (Å²) < 4.78 is 7.27. The van der Waals surface area contributed by atoms with Crippen LogP contribution in [0.15, 0.2) is 53.7 Å². The van der Waals surface area contributed by atoms with Gasteiger partial charge in [-0.05, 0) is 35.6 Å². The third-order valence-corrected chi connectivity index (χ3v) is 5.97. The number of nitrogens with zero attached hydrogens (tertiary/aromatic N) is 3. The summed E-state index contributed by atoms with van der Waals surface area (Å²) in [5.41, 5.74) is 3.41. The van der Waals surface area contributed by atoms with Crippen LogP contribution in [0.25, 0.3) is 11.4 Å². The number of hydrogen-bond donors (Lipinski definition) is 1. The minimum atomic E-state index is -0.0467. The molecule has 1 N–H and O–H groups in total. The maximum absolute atomic E-state index is 12.3. The van der Waals surface area contributed by atoms with E-state index in [9.17, 15) is 4.79 Å². The summed E-state index contributed by atoms with van der Waals surface area (Å²) >= 11 is 1.40. The molecule has 0 fully saturated rings. The molecule has 0 bridgehead atoms. The molecule has 0 atom stereocenters. The van der Waals surface area contributed by atoms with Crippen LogP contribution in [-0.2, 0) is 23.3 Å². The maximum atomic E-state index is 12.3. The lowest BCUT2D eigenvalue weighted by atomic mass is 9.87. The topological polar surface area (TPSA) is 69.0 Å². The Morgan fingerprint density at radius 3 is 2.52 bits per heavy atom. The molecule has 0 unspecified atom stereocenters. The molecule has 7 heteroatoms. The summed E-state index contributed by atoms with van der Waals surface area (Å²) in [6.45, 7) is 9.85. The average Bonchev–Trinajstić information content (AvgIpc) is 3.18. The first-order valence-electron chi connectivity index (χ1n) is 10.4. The molecule has 0 aliphatic heterocycles. The van der Waals surface area contributed by atoms with Gasteiger partial charge in [0.25, 0.3) is 0 Å². The van der Waals surface area contributed by atoms with Crippen molar-refractivity contribution in [2.75, 3.05) is 12.9 Å². The summed E-state index contributed by atoms with van der Waals surface area (Å²) in [4.78, 5) is 12.3. The number of hydrogen-bond acceptors (Lipinski definition) is 5. The standard InChI is InChI=1S/C24H30N4O2S/c1-6-28-22(18-10-12-19(13-11-18)24(2,3)4)26-27-23(28)31-16-21(29)25-15-17-8-7-9-20(14-17)30-5/h7-14H,6,15-16H2,1-5H3,(H,25,29). The molecule has 1 amide bonds. The molecule has 31 heavy (non-hydrogen) atoms. The van der Waals surface area contributed by atoms with Crippen molar-refractivity contribution < 1.29 is 9.53 Å². The fourth-order valence-corrected chi connectivity index (χ4v) is 4.01. The number of ether oxygens (including phenoxy) is 1. The minimum Gasteiger partial charge on any atom is -0.497 e. The highest BCUT2D eigenvalue weighted by molar-refractivity contribution is 7.99. The van der Waals surface area contributed by atoms with E-state index in [4.69, 9.17) is 4.74 Å². The fraction of sp³-hybridized carbons (Fsp3) is 0.375. The molecule has 3 aromatic rings. The quantitative estimate of drug-likeness (QED) is 0.517. The summed E-state index contributed by atoms with van der Waals surface area (Å²) in [5, 5.41) is 12.4. The van der Waals surface area contributed by atoms with Crippen LogP contribution in [0, 0.1) is 0 Å². The minimum absolute atomic E-state index is 0.0467. The number of amides is 1. The molecule has 0 aliphatic rings. The molecule has 164 valence electrons.